The number of anilines is 1. The second-order valence-electron chi connectivity index (χ2n) is 6.91. The van der Waals surface area contributed by atoms with E-state index in [-0.39, 0.29) is 5.91 Å². The van der Waals surface area contributed by atoms with Crippen molar-refractivity contribution < 1.29 is 13.9 Å². The SMILES string of the molecule is O=C(Nc1ccccc1Oc1ccccc1)c1cc(-c2ccco2)nc2ccccc12. The van der Waals surface area contributed by atoms with Crippen LogP contribution >= 0.6 is 0 Å². The number of aromatic nitrogens is 1. The van der Waals surface area contributed by atoms with E-state index in [0.717, 1.165) is 10.9 Å². The number of fused-ring (bicyclic) bond motifs is 1. The zero-order valence-electron chi connectivity index (χ0n) is 16.5. The Balaban J connectivity index is 1.52. The molecule has 0 saturated heterocycles. The molecule has 2 aromatic heterocycles. The molecular weight excluding hydrogens is 388 g/mol. The number of pyridine rings is 1. The number of ether oxygens (including phenoxy) is 1. The summed E-state index contributed by atoms with van der Waals surface area (Å²) in [6, 6.07) is 29.7. The quantitative estimate of drug-likeness (QED) is 0.360. The highest BCUT2D eigenvalue weighted by Crippen LogP contribution is 2.31. The average Bonchev–Trinajstić information content (AvgIpc) is 3.35. The van der Waals surface area contributed by atoms with Crippen molar-refractivity contribution in [3.8, 4) is 23.0 Å². The van der Waals surface area contributed by atoms with Gasteiger partial charge in [-0.05, 0) is 48.5 Å². The van der Waals surface area contributed by atoms with Crippen molar-refractivity contribution in [2.24, 2.45) is 0 Å². The van der Waals surface area contributed by atoms with Crippen molar-refractivity contribution in [2.75, 3.05) is 5.32 Å². The van der Waals surface area contributed by atoms with Gasteiger partial charge in [0.25, 0.3) is 5.91 Å². The highest BCUT2D eigenvalue weighted by atomic mass is 16.5. The summed E-state index contributed by atoms with van der Waals surface area (Å²) in [5.74, 6) is 1.61. The van der Waals surface area contributed by atoms with Crippen LogP contribution in [0.1, 0.15) is 10.4 Å². The van der Waals surface area contributed by atoms with Gasteiger partial charge in [0.15, 0.2) is 11.5 Å². The van der Waals surface area contributed by atoms with Gasteiger partial charge in [0, 0.05) is 5.39 Å². The molecule has 5 aromatic rings. The third kappa shape index (κ3) is 3.89. The Morgan fingerprint density at radius 3 is 2.45 bits per heavy atom. The summed E-state index contributed by atoms with van der Waals surface area (Å²) < 4.78 is 11.5. The van der Waals surface area contributed by atoms with Crippen LogP contribution in [0, 0.1) is 0 Å². The molecule has 2 heterocycles. The summed E-state index contributed by atoms with van der Waals surface area (Å²) in [5, 5.41) is 3.75. The number of hydrogen-bond acceptors (Lipinski definition) is 4. The normalized spacial score (nSPS) is 10.7. The summed E-state index contributed by atoms with van der Waals surface area (Å²) >= 11 is 0. The van der Waals surface area contributed by atoms with Gasteiger partial charge in [0.2, 0.25) is 0 Å². The second kappa shape index (κ2) is 8.16. The number of hydrogen-bond donors (Lipinski definition) is 1. The lowest BCUT2D eigenvalue weighted by Gasteiger charge is -2.13. The Morgan fingerprint density at radius 1 is 0.839 bits per heavy atom. The van der Waals surface area contributed by atoms with Crippen molar-refractivity contribution in [2.45, 2.75) is 0 Å². The molecule has 5 heteroatoms. The Bertz CT molecular complexity index is 1350. The molecule has 150 valence electrons. The molecule has 5 nitrogen and oxygen atoms in total. The zero-order chi connectivity index (χ0) is 21.0. The molecule has 3 aromatic carbocycles. The van der Waals surface area contributed by atoms with Crippen LogP contribution in [0.25, 0.3) is 22.4 Å². The van der Waals surface area contributed by atoms with E-state index in [4.69, 9.17) is 9.15 Å². The molecule has 31 heavy (non-hydrogen) atoms. The minimum atomic E-state index is -0.254. The van der Waals surface area contributed by atoms with Crippen molar-refractivity contribution in [1.82, 2.24) is 4.98 Å². The number of benzene rings is 3. The van der Waals surface area contributed by atoms with E-state index in [2.05, 4.69) is 10.3 Å². The predicted octanol–water partition coefficient (Wildman–Crippen LogP) is 6.54. The molecule has 0 aliphatic heterocycles. The summed E-state index contributed by atoms with van der Waals surface area (Å²) in [5.41, 5.74) is 2.40. The summed E-state index contributed by atoms with van der Waals surface area (Å²) in [6.45, 7) is 0. The van der Waals surface area contributed by atoms with Gasteiger partial charge in [-0.15, -0.1) is 0 Å². The van der Waals surface area contributed by atoms with Crippen LogP contribution in [-0.4, -0.2) is 10.9 Å². The highest BCUT2D eigenvalue weighted by molar-refractivity contribution is 6.13. The van der Waals surface area contributed by atoms with Crippen LogP contribution in [0.4, 0.5) is 5.69 Å². The van der Waals surface area contributed by atoms with Gasteiger partial charge < -0.3 is 14.5 Å². The van der Waals surface area contributed by atoms with Gasteiger partial charge in [0.05, 0.1) is 23.0 Å². The van der Waals surface area contributed by atoms with Gasteiger partial charge in [-0.25, -0.2) is 4.98 Å². The lowest BCUT2D eigenvalue weighted by atomic mass is 10.1. The number of carbonyl (C=O) groups excluding carboxylic acids is 1. The minimum absolute atomic E-state index is 0.254. The first-order valence-corrected chi connectivity index (χ1v) is 9.85. The number of amides is 1. The largest absolute Gasteiger partial charge is 0.463 e. The molecule has 0 bridgehead atoms. The van der Waals surface area contributed by atoms with Gasteiger partial charge in [0.1, 0.15) is 11.4 Å². The fourth-order valence-corrected chi connectivity index (χ4v) is 3.38. The first-order chi connectivity index (χ1) is 15.3. The molecule has 0 spiro atoms. The van der Waals surface area contributed by atoms with Crippen LogP contribution in [0.5, 0.6) is 11.5 Å². The van der Waals surface area contributed by atoms with Crippen LogP contribution in [0.2, 0.25) is 0 Å². The van der Waals surface area contributed by atoms with Gasteiger partial charge in [-0.1, -0.05) is 48.5 Å². The van der Waals surface area contributed by atoms with E-state index < -0.39 is 0 Å². The topological polar surface area (TPSA) is 64.4 Å². The molecular formula is C26H18N2O3. The van der Waals surface area contributed by atoms with E-state index in [9.17, 15) is 4.79 Å². The first-order valence-electron chi connectivity index (χ1n) is 9.85. The van der Waals surface area contributed by atoms with Crippen LogP contribution in [-0.2, 0) is 0 Å². The standard InChI is InChI=1S/C26H18N2O3/c29-26(28-22-13-6-7-14-25(22)31-18-9-2-1-3-10-18)20-17-23(24-15-8-16-30-24)27-21-12-5-4-11-19(20)21/h1-17H,(H,28,29). The lowest BCUT2D eigenvalue weighted by molar-refractivity contribution is 0.102. The number of rotatable bonds is 5. The monoisotopic (exact) mass is 406 g/mol. The Labute approximate surface area is 178 Å². The van der Waals surface area contributed by atoms with E-state index in [1.54, 1.807) is 18.4 Å². The molecule has 1 amide bonds. The van der Waals surface area contributed by atoms with E-state index in [0.29, 0.717) is 34.2 Å². The third-order valence-electron chi connectivity index (χ3n) is 4.84. The maximum Gasteiger partial charge on any atom is 0.256 e. The van der Waals surface area contributed by atoms with Crippen LogP contribution < -0.4 is 10.1 Å². The van der Waals surface area contributed by atoms with Crippen LogP contribution in [0.3, 0.4) is 0 Å². The fraction of sp³-hybridized carbons (Fsp3) is 0. The lowest BCUT2D eigenvalue weighted by Crippen LogP contribution is -2.13. The highest BCUT2D eigenvalue weighted by Gasteiger charge is 2.16. The predicted molar refractivity (Wildman–Crippen MR) is 120 cm³/mol. The van der Waals surface area contributed by atoms with Gasteiger partial charge >= 0.3 is 0 Å². The van der Waals surface area contributed by atoms with Crippen molar-refractivity contribution in [3.63, 3.8) is 0 Å². The van der Waals surface area contributed by atoms with Crippen molar-refractivity contribution >= 4 is 22.5 Å². The summed E-state index contributed by atoms with van der Waals surface area (Å²) in [4.78, 5) is 18.0. The fourth-order valence-electron chi connectivity index (χ4n) is 3.38. The Morgan fingerprint density at radius 2 is 1.61 bits per heavy atom. The molecule has 1 N–H and O–H groups in total. The number of furan rings is 1. The molecule has 0 aliphatic rings. The molecule has 0 radical (unpaired) electrons. The molecule has 5 rings (SSSR count). The number of para-hydroxylation sites is 4. The van der Waals surface area contributed by atoms with Crippen molar-refractivity contribution in [1.29, 1.82) is 0 Å². The molecule has 0 atom stereocenters. The molecule has 0 fully saturated rings. The van der Waals surface area contributed by atoms with Gasteiger partial charge in [-0.2, -0.15) is 0 Å². The Kier molecular flexibility index (Phi) is 4.91. The first kappa shape index (κ1) is 18.6. The van der Waals surface area contributed by atoms with Crippen molar-refractivity contribution in [3.05, 3.63) is 109 Å². The maximum atomic E-state index is 13.3. The smallest absolute Gasteiger partial charge is 0.256 e. The van der Waals surface area contributed by atoms with Crippen LogP contribution in [0.15, 0.2) is 108 Å². The van der Waals surface area contributed by atoms with E-state index >= 15 is 0 Å². The summed E-state index contributed by atoms with van der Waals surface area (Å²) in [7, 11) is 0. The second-order valence-corrected chi connectivity index (χ2v) is 6.91. The maximum absolute atomic E-state index is 13.3. The molecule has 0 saturated carbocycles. The molecule has 0 unspecified atom stereocenters. The molecule has 0 aliphatic carbocycles. The van der Waals surface area contributed by atoms with Gasteiger partial charge in [-0.3, -0.25) is 4.79 Å². The number of nitrogens with one attached hydrogen (secondary N) is 1. The Hall–Kier alpha value is -4.38. The summed E-state index contributed by atoms with van der Waals surface area (Å²) in [6.07, 6.45) is 1.59. The van der Waals surface area contributed by atoms with E-state index in [1.165, 1.54) is 0 Å². The average molecular weight is 406 g/mol. The zero-order valence-corrected chi connectivity index (χ0v) is 16.5. The third-order valence-corrected chi connectivity index (χ3v) is 4.84. The minimum Gasteiger partial charge on any atom is -0.463 e. The number of carbonyl (C=O) groups is 1. The van der Waals surface area contributed by atoms with E-state index in [1.807, 2.05) is 84.9 Å². The number of nitrogens with zero attached hydrogens (tertiary/aromatic N) is 1.